The fraction of sp³-hybridized carbons (Fsp3) is 0.333. The van der Waals surface area contributed by atoms with E-state index in [0.29, 0.717) is 5.69 Å². The molecule has 0 aliphatic rings. The van der Waals surface area contributed by atoms with Gasteiger partial charge in [0.1, 0.15) is 0 Å². The Balaban J connectivity index is 3.10. The van der Waals surface area contributed by atoms with Crippen LogP contribution in [0.3, 0.4) is 0 Å². The van der Waals surface area contributed by atoms with Crippen molar-refractivity contribution in [3.63, 3.8) is 0 Å². The molecule has 1 aromatic rings. The first-order chi connectivity index (χ1) is 7.88. The summed E-state index contributed by atoms with van der Waals surface area (Å²) in [4.78, 5) is 37.0. The lowest BCUT2D eigenvalue weighted by Crippen LogP contribution is -2.61. The molecule has 0 spiro atoms. The van der Waals surface area contributed by atoms with Crippen molar-refractivity contribution in [3.05, 3.63) is 16.6 Å². The van der Waals surface area contributed by atoms with Crippen LogP contribution < -0.4 is 5.32 Å². The summed E-state index contributed by atoms with van der Waals surface area (Å²) in [5.41, 5.74) is -0.620. The van der Waals surface area contributed by atoms with E-state index in [-0.39, 0.29) is 0 Å². The third-order valence-corrected chi connectivity index (χ3v) is 2.68. The molecule has 17 heavy (non-hydrogen) atoms. The average Bonchev–Trinajstić information content (AvgIpc) is 2.67. The van der Waals surface area contributed by atoms with Gasteiger partial charge in [-0.05, 0) is 0 Å². The highest BCUT2D eigenvalue weighted by atomic mass is 32.1. The van der Waals surface area contributed by atoms with E-state index >= 15 is 0 Å². The Morgan fingerprint density at radius 1 is 1.41 bits per heavy atom. The number of carboxylic acid groups (broad SMARTS) is 2. The number of rotatable bonds is 5. The molecule has 1 rings (SSSR count). The second kappa shape index (κ2) is 4.91. The zero-order chi connectivity index (χ0) is 13.1. The van der Waals surface area contributed by atoms with Gasteiger partial charge in [0.2, 0.25) is 11.4 Å². The van der Waals surface area contributed by atoms with Crippen molar-refractivity contribution in [2.45, 2.75) is 18.9 Å². The molecule has 8 heteroatoms. The fourth-order valence-electron chi connectivity index (χ4n) is 1.29. The maximum absolute atomic E-state index is 11.1. The van der Waals surface area contributed by atoms with Crippen LogP contribution in [0.4, 0.5) is 0 Å². The second-order valence-electron chi connectivity index (χ2n) is 3.35. The van der Waals surface area contributed by atoms with Gasteiger partial charge < -0.3 is 15.5 Å². The van der Waals surface area contributed by atoms with E-state index in [9.17, 15) is 14.4 Å². The second-order valence-corrected chi connectivity index (χ2v) is 4.07. The molecule has 0 aliphatic heterocycles. The Hall–Kier alpha value is -1.96. The number of hydrogen-bond acceptors (Lipinski definition) is 5. The molecule has 0 atom stereocenters. The summed E-state index contributed by atoms with van der Waals surface area (Å²) in [7, 11) is 0. The number of aliphatic carboxylic acids is 2. The summed E-state index contributed by atoms with van der Waals surface area (Å²) < 4.78 is 0. The van der Waals surface area contributed by atoms with Crippen LogP contribution in [0.5, 0.6) is 0 Å². The van der Waals surface area contributed by atoms with Gasteiger partial charge in [0.15, 0.2) is 0 Å². The lowest BCUT2D eigenvalue weighted by atomic mass is 9.93. The molecule has 0 fully saturated rings. The number of nitrogens with one attached hydrogen (secondary N) is 1. The zero-order valence-corrected chi connectivity index (χ0v) is 9.65. The summed E-state index contributed by atoms with van der Waals surface area (Å²) >= 11 is 1.21. The van der Waals surface area contributed by atoms with Gasteiger partial charge in [0.05, 0.1) is 11.2 Å². The van der Waals surface area contributed by atoms with E-state index < -0.39 is 29.8 Å². The lowest BCUT2D eigenvalue weighted by molar-refractivity contribution is -0.161. The van der Waals surface area contributed by atoms with Crippen LogP contribution in [0.25, 0.3) is 0 Å². The van der Waals surface area contributed by atoms with Crippen molar-refractivity contribution in [2.75, 3.05) is 0 Å². The molecule has 0 saturated carbocycles. The molecule has 0 saturated heterocycles. The van der Waals surface area contributed by atoms with Crippen LogP contribution in [0.1, 0.15) is 12.6 Å². The first-order valence-electron chi connectivity index (χ1n) is 4.51. The normalized spacial score (nSPS) is 10.9. The lowest BCUT2D eigenvalue weighted by Gasteiger charge is -2.24. The Labute approximate surface area is 100 Å². The largest absolute Gasteiger partial charge is 0.479 e. The highest BCUT2D eigenvalue weighted by molar-refractivity contribution is 7.07. The van der Waals surface area contributed by atoms with Crippen molar-refractivity contribution in [1.29, 1.82) is 0 Å². The topological polar surface area (TPSA) is 117 Å². The number of amides is 1. The number of nitrogens with zero attached hydrogens (tertiary/aromatic N) is 1. The quantitative estimate of drug-likeness (QED) is 0.626. The van der Waals surface area contributed by atoms with Crippen LogP contribution in [0, 0.1) is 0 Å². The monoisotopic (exact) mass is 258 g/mol. The van der Waals surface area contributed by atoms with E-state index in [1.165, 1.54) is 22.2 Å². The molecule has 0 bridgehead atoms. The minimum atomic E-state index is -2.38. The highest BCUT2D eigenvalue weighted by Crippen LogP contribution is 2.15. The number of carbonyl (C=O) groups is 3. The summed E-state index contributed by atoms with van der Waals surface area (Å²) in [5.74, 6) is -3.99. The summed E-state index contributed by atoms with van der Waals surface area (Å²) in [6.07, 6.45) is -0.402. The Kier molecular flexibility index (Phi) is 3.79. The molecule has 0 radical (unpaired) electrons. The SMILES string of the molecule is CC(=O)NC(Cc1cscn1)(C(=O)O)C(=O)O. The molecule has 0 aliphatic carbocycles. The first-order valence-corrected chi connectivity index (χ1v) is 5.45. The molecule has 0 unspecified atom stereocenters. The van der Waals surface area contributed by atoms with E-state index in [2.05, 4.69) is 4.98 Å². The fourth-order valence-corrected chi connectivity index (χ4v) is 1.85. The number of hydrogen-bond donors (Lipinski definition) is 3. The van der Waals surface area contributed by atoms with Crippen molar-refractivity contribution in [3.8, 4) is 0 Å². The predicted octanol–water partition coefficient (Wildman–Crippen LogP) is -0.270. The first kappa shape index (κ1) is 13.1. The standard InChI is InChI=1S/C9H10N2O5S/c1-5(12)11-9(7(13)14,8(15)16)2-6-3-17-4-10-6/h3-4H,2H2,1H3,(H,11,12)(H,13,14)(H,15,16). The third kappa shape index (κ3) is 2.78. The minimum Gasteiger partial charge on any atom is -0.479 e. The Bertz CT molecular complexity index is 428. The Morgan fingerprint density at radius 2 is 2.00 bits per heavy atom. The highest BCUT2D eigenvalue weighted by Gasteiger charge is 2.48. The van der Waals surface area contributed by atoms with Crippen molar-refractivity contribution in [1.82, 2.24) is 10.3 Å². The van der Waals surface area contributed by atoms with Crippen molar-refractivity contribution in [2.24, 2.45) is 0 Å². The zero-order valence-electron chi connectivity index (χ0n) is 8.84. The molecular formula is C9H10N2O5S. The van der Waals surface area contributed by atoms with Crippen LogP contribution in [-0.2, 0) is 20.8 Å². The molecular weight excluding hydrogens is 248 g/mol. The number of carboxylic acids is 2. The van der Waals surface area contributed by atoms with E-state index in [4.69, 9.17) is 10.2 Å². The van der Waals surface area contributed by atoms with Gasteiger partial charge in [-0.3, -0.25) is 4.79 Å². The molecule has 1 amide bonds. The Morgan fingerprint density at radius 3 is 2.35 bits per heavy atom. The molecule has 1 aromatic heterocycles. The molecule has 92 valence electrons. The van der Waals surface area contributed by atoms with Crippen LogP contribution >= 0.6 is 11.3 Å². The van der Waals surface area contributed by atoms with E-state index in [0.717, 1.165) is 6.92 Å². The van der Waals surface area contributed by atoms with E-state index in [1.54, 1.807) is 0 Å². The summed E-state index contributed by atoms with van der Waals surface area (Å²) in [5, 5.41) is 21.5. The van der Waals surface area contributed by atoms with Gasteiger partial charge in [0.25, 0.3) is 0 Å². The van der Waals surface area contributed by atoms with Crippen molar-refractivity contribution >= 4 is 29.2 Å². The van der Waals surface area contributed by atoms with Gasteiger partial charge in [0, 0.05) is 18.7 Å². The maximum Gasteiger partial charge on any atom is 0.341 e. The number of carbonyl (C=O) groups excluding carboxylic acids is 1. The summed E-state index contributed by atoms with van der Waals surface area (Å²) in [6.45, 7) is 1.06. The van der Waals surface area contributed by atoms with Gasteiger partial charge in [-0.1, -0.05) is 0 Å². The van der Waals surface area contributed by atoms with Crippen LogP contribution in [-0.4, -0.2) is 38.6 Å². The molecule has 7 nitrogen and oxygen atoms in total. The molecule has 3 N–H and O–H groups in total. The maximum atomic E-state index is 11.1. The van der Waals surface area contributed by atoms with Crippen LogP contribution in [0.2, 0.25) is 0 Å². The summed E-state index contributed by atoms with van der Waals surface area (Å²) in [6, 6.07) is 0. The average molecular weight is 258 g/mol. The minimum absolute atomic E-state index is 0.300. The van der Waals surface area contributed by atoms with Gasteiger partial charge in [-0.2, -0.15) is 0 Å². The van der Waals surface area contributed by atoms with Gasteiger partial charge >= 0.3 is 11.9 Å². The van der Waals surface area contributed by atoms with E-state index in [1.807, 2.05) is 5.32 Å². The molecule has 0 aromatic carbocycles. The molecule has 1 heterocycles. The van der Waals surface area contributed by atoms with Gasteiger partial charge in [-0.25, -0.2) is 14.6 Å². The predicted molar refractivity (Wildman–Crippen MR) is 57.6 cm³/mol. The van der Waals surface area contributed by atoms with Crippen LogP contribution in [0.15, 0.2) is 10.9 Å². The smallest absolute Gasteiger partial charge is 0.341 e. The van der Waals surface area contributed by atoms with Gasteiger partial charge in [-0.15, -0.1) is 11.3 Å². The number of aromatic nitrogens is 1. The number of thiazole rings is 1. The van der Waals surface area contributed by atoms with Crippen molar-refractivity contribution < 1.29 is 24.6 Å². The third-order valence-electron chi connectivity index (χ3n) is 2.05.